The van der Waals surface area contributed by atoms with Crippen LogP contribution in [-0.2, 0) is 6.54 Å². The molecule has 0 saturated heterocycles. The average Bonchev–Trinajstić information content (AvgIpc) is 3.20. The molecule has 1 aliphatic rings. The molecule has 1 fully saturated rings. The van der Waals surface area contributed by atoms with E-state index < -0.39 is 0 Å². The number of nitrogens with one attached hydrogen (secondary N) is 1. The van der Waals surface area contributed by atoms with Gasteiger partial charge in [-0.25, -0.2) is 0 Å². The van der Waals surface area contributed by atoms with E-state index in [1.807, 2.05) is 13.0 Å². The van der Waals surface area contributed by atoms with Crippen LogP contribution >= 0.6 is 0 Å². The lowest BCUT2D eigenvalue weighted by atomic mass is 10.1. The molecule has 1 aromatic rings. The predicted octanol–water partition coefficient (Wildman–Crippen LogP) is 1.84. The van der Waals surface area contributed by atoms with Crippen molar-refractivity contribution in [2.45, 2.75) is 26.3 Å². The van der Waals surface area contributed by atoms with Crippen molar-refractivity contribution in [3.8, 4) is 11.5 Å². The Hall–Kier alpha value is -1.26. The third kappa shape index (κ3) is 3.01. The Morgan fingerprint density at radius 2 is 2.00 bits per heavy atom. The normalized spacial score (nSPS) is 16.2. The summed E-state index contributed by atoms with van der Waals surface area (Å²) >= 11 is 0. The molecule has 0 amide bonds. The van der Waals surface area contributed by atoms with Gasteiger partial charge in [0.25, 0.3) is 0 Å². The molecule has 0 unspecified atom stereocenters. The summed E-state index contributed by atoms with van der Waals surface area (Å²) < 4.78 is 10.8. The van der Waals surface area contributed by atoms with Crippen LogP contribution in [0.25, 0.3) is 0 Å². The first-order chi connectivity index (χ1) is 9.15. The minimum Gasteiger partial charge on any atom is -0.496 e. The maximum atomic E-state index is 5.79. The summed E-state index contributed by atoms with van der Waals surface area (Å²) in [5, 5.41) is 3.49. The molecule has 1 aromatic carbocycles. The number of rotatable bonds is 7. The molecule has 0 heterocycles. The van der Waals surface area contributed by atoms with Crippen LogP contribution in [0.5, 0.6) is 11.5 Å². The van der Waals surface area contributed by atoms with E-state index >= 15 is 0 Å². The Balaban J connectivity index is 2.01. The summed E-state index contributed by atoms with van der Waals surface area (Å²) in [5.74, 6) is 1.77. The quantitative estimate of drug-likeness (QED) is 0.789. The second-order valence-electron chi connectivity index (χ2n) is 5.39. The SMILES string of the molecule is COc1ccc(CNCC2(CN)CC2)c(OC)c1C. The number of methoxy groups -OCH3 is 2. The van der Waals surface area contributed by atoms with E-state index in [9.17, 15) is 0 Å². The Labute approximate surface area is 115 Å². The third-order valence-electron chi connectivity index (χ3n) is 4.07. The number of hydrogen-bond donors (Lipinski definition) is 2. The largest absolute Gasteiger partial charge is 0.496 e. The van der Waals surface area contributed by atoms with Gasteiger partial charge in [-0.3, -0.25) is 0 Å². The number of ether oxygens (including phenoxy) is 2. The van der Waals surface area contributed by atoms with Crippen molar-refractivity contribution in [1.29, 1.82) is 0 Å². The molecule has 0 aromatic heterocycles. The van der Waals surface area contributed by atoms with Crippen LogP contribution in [0.1, 0.15) is 24.0 Å². The van der Waals surface area contributed by atoms with Crippen molar-refractivity contribution >= 4 is 0 Å². The summed E-state index contributed by atoms with van der Waals surface area (Å²) in [7, 11) is 3.38. The zero-order valence-corrected chi connectivity index (χ0v) is 12.1. The van der Waals surface area contributed by atoms with Gasteiger partial charge < -0.3 is 20.5 Å². The van der Waals surface area contributed by atoms with E-state index in [0.29, 0.717) is 5.41 Å². The van der Waals surface area contributed by atoms with Gasteiger partial charge in [-0.15, -0.1) is 0 Å². The van der Waals surface area contributed by atoms with Crippen molar-refractivity contribution in [2.24, 2.45) is 11.1 Å². The lowest BCUT2D eigenvalue weighted by molar-refractivity contribution is 0.382. The van der Waals surface area contributed by atoms with Gasteiger partial charge in [0.05, 0.1) is 14.2 Å². The van der Waals surface area contributed by atoms with Crippen LogP contribution < -0.4 is 20.5 Å². The molecule has 0 atom stereocenters. The molecule has 4 nitrogen and oxygen atoms in total. The monoisotopic (exact) mass is 264 g/mol. The third-order valence-corrected chi connectivity index (χ3v) is 4.07. The molecule has 2 rings (SSSR count). The standard InChI is InChI=1S/C15H24N2O2/c1-11-13(18-2)5-4-12(14(11)19-3)8-17-10-15(9-16)6-7-15/h4-5,17H,6-10,16H2,1-3H3. The molecular weight excluding hydrogens is 240 g/mol. The van der Waals surface area contributed by atoms with E-state index in [1.165, 1.54) is 12.8 Å². The van der Waals surface area contributed by atoms with E-state index in [-0.39, 0.29) is 0 Å². The fourth-order valence-corrected chi connectivity index (χ4v) is 2.47. The lowest BCUT2D eigenvalue weighted by Gasteiger charge is -2.17. The number of nitrogens with two attached hydrogens (primary N) is 1. The Bertz CT molecular complexity index is 442. The zero-order valence-electron chi connectivity index (χ0n) is 12.1. The smallest absolute Gasteiger partial charge is 0.129 e. The van der Waals surface area contributed by atoms with Crippen LogP contribution in [0, 0.1) is 12.3 Å². The van der Waals surface area contributed by atoms with Crippen molar-refractivity contribution in [1.82, 2.24) is 5.32 Å². The van der Waals surface area contributed by atoms with Crippen LogP contribution in [0.4, 0.5) is 0 Å². The maximum Gasteiger partial charge on any atom is 0.129 e. The highest BCUT2D eigenvalue weighted by Gasteiger charge is 2.40. The average molecular weight is 264 g/mol. The highest BCUT2D eigenvalue weighted by atomic mass is 16.5. The summed E-state index contributed by atoms with van der Waals surface area (Å²) in [6.07, 6.45) is 2.49. The Morgan fingerprint density at radius 1 is 1.26 bits per heavy atom. The van der Waals surface area contributed by atoms with Gasteiger partial charge in [0, 0.05) is 24.2 Å². The van der Waals surface area contributed by atoms with Crippen molar-refractivity contribution < 1.29 is 9.47 Å². The van der Waals surface area contributed by atoms with E-state index in [4.69, 9.17) is 15.2 Å². The summed E-state index contributed by atoms with van der Waals surface area (Å²) in [6, 6.07) is 4.05. The number of hydrogen-bond acceptors (Lipinski definition) is 4. The molecule has 0 aliphatic heterocycles. The second kappa shape index (κ2) is 5.80. The molecule has 19 heavy (non-hydrogen) atoms. The van der Waals surface area contributed by atoms with Gasteiger partial charge in [-0.1, -0.05) is 6.07 Å². The van der Waals surface area contributed by atoms with Crippen LogP contribution in [0.3, 0.4) is 0 Å². The molecule has 0 radical (unpaired) electrons. The van der Waals surface area contributed by atoms with Gasteiger partial charge in [0.2, 0.25) is 0 Å². The predicted molar refractivity (Wildman–Crippen MR) is 76.7 cm³/mol. The van der Waals surface area contributed by atoms with E-state index in [2.05, 4.69) is 11.4 Å². The van der Waals surface area contributed by atoms with Crippen LogP contribution in [0.15, 0.2) is 12.1 Å². The van der Waals surface area contributed by atoms with Crippen molar-refractivity contribution in [2.75, 3.05) is 27.3 Å². The fraction of sp³-hybridized carbons (Fsp3) is 0.600. The minimum absolute atomic E-state index is 0.356. The highest BCUT2D eigenvalue weighted by Crippen LogP contribution is 2.43. The summed E-state index contributed by atoms with van der Waals surface area (Å²) in [4.78, 5) is 0. The first-order valence-electron chi connectivity index (χ1n) is 6.77. The molecule has 3 N–H and O–H groups in total. The van der Waals surface area contributed by atoms with Crippen LogP contribution in [-0.4, -0.2) is 27.3 Å². The molecule has 4 heteroatoms. The van der Waals surface area contributed by atoms with Crippen molar-refractivity contribution in [3.05, 3.63) is 23.3 Å². The van der Waals surface area contributed by atoms with Gasteiger partial charge in [-0.05, 0) is 37.8 Å². The Morgan fingerprint density at radius 3 is 2.53 bits per heavy atom. The molecule has 1 aliphatic carbocycles. The van der Waals surface area contributed by atoms with Gasteiger partial charge in [0.1, 0.15) is 11.5 Å². The second-order valence-corrected chi connectivity index (χ2v) is 5.39. The number of benzene rings is 1. The van der Waals surface area contributed by atoms with E-state index in [0.717, 1.165) is 42.3 Å². The van der Waals surface area contributed by atoms with Crippen LogP contribution in [0.2, 0.25) is 0 Å². The molecule has 106 valence electrons. The van der Waals surface area contributed by atoms with Gasteiger partial charge in [-0.2, -0.15) is 0 Å². The lowest BCUT2D eigenvalue weighted by Crippen LogP contribution is -2.29. The summed E-state index contributed by atoms with van der Waals surface area (Å²) in [5.41, 5.74) is 8.35. The molecule has 1 saturated carbocycles. The maximum absolute atomic E-state index is 5.79. The minimum atomic E-state index is 0.356. The molecule has 0 bridgehead atoms. The van der Waals surface area contributed by atoms with Gasteiger partial charge in [0.15, 0.2) is 0 Å². The summed E-state index contributed by atoms with van der Waals surface area (Å²) in [6.45, 7) is 4.58. The van der Waals surface area contributed by atoms with E-state index in [1.54, 1.807) is 14.2 Å². The first-order valence-corrected chi connectivity index (χ1v) is 6.77. The molecule has 0 spiro atoms. The zero-order chi connectivity index (χ0) is 13.9. The fourth-order valence-electron chi connectivity index (χ4n) is 2.47. The van der Waals surface area contributed by atoms with Crippen molar-refractivity contribution in [3.63, 3.8) is 0 Å². The Kier molecular flexibility index (Phi) is 4.32. The van der Waals surface area contributed by atoms with Gasteiger partial charge >= 0.3 is 0 Å². The topological polar surface area (TPSA) is 56.5 Å². The highest BCUT2D eigenvalue weighted by molar-refractivity contribution is 5.49. The first kappa shape index (κ1) is 14.2. The molecular formula is C15H24N2O2.